The topological polar surface area (TPSA) is 56.7 Å². The summed E-state index contributed by atoms with van der Waals surface area (Å²) in [7, 11) is 0. The van der Waals surface area contributed by atoms with Crippen molar-refractivity contribution in [2.24, 2.45) is 5.73 Å². The molecule has 0 spiro atoms. The highest BCUT2D eigenvalue weighted by atomic mass is 15.1. The third-order valence-corrected chi connectivity index (χ3v) is 2.49. The van der Waals surface area contributed by atoms with Gasteiger partial charge in [-0.3, -0.25) is 4.57 Å². The molecular formula is C12H16N4. The van der Waals surface area contributed by atoms with E-state index in [0.29, 0.717) is 12.5 Å². The van der Waals surface area contributed by atoms with Gasteiger partial charge in [0.15, 0.2) is 0 Å². The highest BCUT2D eigenvalue weighted by molar-refractivity contribution is 5.32. The molecule has 0 amide bonds. The van der Waals surface area contributed by atoms with Crippen LogP contribution >= 0.6 is 0 Å². The zero-order valence-corrected chi connectivity index (χ0v) is 9.59. The summed E-state index contributed by atoms with van der Waals surface area (Å²) < 4.78 is 1.89. The maximum Gasteiger partial charge on any atom is 0.138 e. The molecular weight excluding hydrogens is 200 g/mol. The largest absolute Gasteiger partial charge is 0.326 e. The molecule has 2 heterocycles. The lowest BCUT2D eigenvalue weighted by molar-refractivity contribution is 0.802. The number of hydrogen-bond acceptors (Lipinski definition) is 3. The van der Waals surface area contributed by atoms with Gasteiger partial charge >= 0.3 is 0 Å². The summed E-state index contributed by atoms with van der Waals surface area (Å²) in [6, 6.07) is 4.05. The van der Waals surface area contributed by atoms with E-state index in [0.717, 1.165) is 17.1 Å². The predicted octanol–water partition coefficient (Wildman–Crippen LogP) is 1.85. The number of nitrogens with zero attached hydrogens (tertiary/aromatic N) is 3. The van der Waals surface area contributed by atoms with Gasteiger partial charge in [-0.25, -0.2) is 9.97 Å². The quantitative estimate of drug-likeness (QED) is 0.851. The fourth-order valence-electron chi connectivity index (χ4n) is 1.53. The maximum atomic E-state index is 5.69. The van der Waals surface area contributed by atoms with Crippen LogP contribution in [0.5, 0.6) is 0 Å². The summed E-state index contributed by atoms with van der Waals surface area (Å²) in [5, 5.41) is 0. The van der Waals surface area contributed by atoms with Gasteiger partial charge in [-0.1, -0.05) is 13.8 Å². The van der Waals surface area contributed by atoms with Crippen molar-refractivity contribution in [3.8, 4) is 5.82 Å². The molecule has 2 N–H and O–H groups in total. The number of rotatable bonds is 3. The Kier molecular flexibility index (Phi) is 3.01. The molecule has 0 saturated heterocycles. The Hall–Kier alpha value is -1.68. The first-order valence-corrected chi connectivity index (χ1v) is 5.40. The van der Waals surface area contributed by atoms with E-state index in [-0.39, 0.29) is 0 Å². The molecule has 4 heteroatoms. The normalized spacial score (nSPS) is 11.0. The molecule has 0 aliphatic heterocycles. The van der Waals surface area contributed by atoms with Gasteiger partial charge in [-0.05, 0) is 23.6 Å². The Morgan fingerprint density at radius 3 is 2.75 bits per heavy atom. The third-order valence-electron chi connectivity index (χ3n) is 2.49. The summed E-state index contributed by atoms with van der Waals surface area (Å²) in [6.45, 7) is 4.78. The molecule has 84 valence electrons. The number of pyridine rings is 1. The molecule has 0 bridgehead atoms. The maximum absolute atomic E-state index is 5.69. The minimum absolute atomic E-state index is 0.397. The van der Waals surface area contributed by atoms with Gasteiger partial charge in [-0.2, -0.15) is 0 Å². The summed E-state index contributed by atoms with van der Waals surface area (Å²) >= 11 is 0. The lowest BCUT2D eigenvalue weighted by atomic mass is 10.1. The average molecular weight is 216 g/mol. The summed E-state index contributed by atoms with van der Waals surface area (Å²) in [5.74, 6) is 1.28. The smallest absolute Gasteiger partial charge is 0.138 e. The first kappa shape index (κ1) is 10.8. The predicted molar refractivity (Wildman–Crippen MR) is 63.3 cm³/mol. The molecule has 0 radical (unpaired) electrons. The van der Waals surface area contributed by atoms with E-state index >= 15 is 0 Å². The van der Waals surface area contributed by atoms with Gasteiger partial charge in [-0.15, -0.1) is 0 Å². The second kappa shape index (κ2) is 4.45. The second-order valence-electron chi connectivity index (χ2n) is 4.09. The van der Waals surface area contributed by atoms with Gasteiger partial charge in [0.2, 0.25) is 0 Å². The van der Waals surface area contributed by atoms with Crippen LogP contribution in [0, 0.1) is 0 Å². The van der Waals surface area contributed by atoms with Crippen molar-refractivity contribution < 1.29 is 0 Å². The number of imidazole rings is 1. The van der Waals surface area contributed by atoms with E-state index in [1.165, 1.54) is 0 Å². The van der Waals surface area contributed by atoms with E-state index in [4.69, 9.17) is 5.73 Å². The van der Waals surface area contributed by atoms with Crippen LogP contribution in [0.1, 0.15) is 31.0 Å². The molecule has 0 aromatic carbocycles. The summed E-state index contributed by atoms with van der Waals surface area (Å²) in [5.41, 5.74) is 7.85. The van der Waals surface area contributed by atoms with Crippen LogP contribution in [0.4, 0.5) is 0 Å². The molecule has 2 aromatic heterocycles. The fraction of sp³-hybridized carbons (Fsp3) is 0.333. The van der Waals surface area contributed by atoms with Crippen molar-refractivity contribution in [1.82, 2.24) is 14.5 Å². The van der Waals surface area contributed by atoms with Crippen LogP contribution in [0.2, 0.25) is 0 Å². The lowest BCUT2D eigenvalue weighted by Gasteiger charge is -2.10. The summed E-state index contributed by atoms with van der Waals surface area (Å²) in [6.07, 6.45) is 5.37. The SMILES string of the molecule is CC(C)c1cc(CN)cc(-n2ccnc2)n1. The van der Waals surface area contributed by atoms with Crippen LogP contribution in [0.15, 0.2) is 30.9 Å². The first-order chi connectivity index (χ1) is 7.70. The Morgan fingerprint density at radius 1 is 1.38 bits per heavy atom. The molecule has 0 aliphatic rings. The molecule has 0 atom stereocenters. The van der Waals surface area contributed by atoms with Crippen molar-refractivity contribution in [2.75, 3.05) is 0 Å². The number of nitrogens with two attached hydrogens (primary N) is 1. The highest BCUT2D eigenvalue weighted by Crippen LogP contribution is 2.16. The van der Waals surface area contributed by atoms with Crippen molar-refractivity contribution >= 4 is 0 Å². The Balaban J connectivity index is 2.49. The van der Waals surface area contributed by atoms with Gasteiger partial charge in [0.25, 0.3) is 0 Å². The van der Waals surface area contributed by atoms with Crippen molar-refractivity contribution in [3.05, 3.63) is 42.1 Å². The standard InChI is InChI=1S/C12H16N4/c1-9(2)11-5-10(7-13)6-12(15-11)16-4-3-14-8-16/h3-6,8-9H,7,13H2,1-2H3. The molecule has 2 aromatic rings. The molecule has 0 saturated carbocycles. The third kappa shape index (κ3) is 2.12. The molecule has 0 fully saturated rings. The second-order valence-corrected chi connectivity index (χ2v) is 4.09. The fourth-order valence-corrected chi connectivity index (χ4v) is 1.53. The van der Waals surface area contributed by atoms with Crippen LogP contribution in [0.3, 0.4) is 0 Å². The molecule has 2 rings (SSSR count). The van der Waals surface area contributed by atoms with Crippen LogP contribution in [-0.2, 0) is 6.54 Å². The summed E-state index contributed by atoms with van der Waals surface area (Å²) in [4.78, 5) is 8.61. The Bertz CT molecular complexity index is 460. The zero-order valence-electron chi connectivity index (χ0n) is 9.59. The van der Waals surface area contributed by atoms with E-state index < -0.39 is 0 Å². The zero-order chi connectivity index (χ0) is 11.5. The lowest BCUT2D eigenvalue weighted by Crippen LogP contribution is -2.05. The van der Waals surface area contributed by atoms with Crippen LogP contribution in [-0.4, -0.2) is 14.5 Å². The van der Waals surface area contributed by atoms with Crippen molar-refractivity contribution in [1.29, 1.82) is 0 Å². The van der Waals surface area contributed by atoms with E-state index in [2.05, 4.69) is 29.9 Å². The Morgan fingerprint density at radius 2 is 2.19 bits per heavy atom. The minimum Gasteiger partial charge on any atom is -0.326 e. The van der Waals surface area contributed by atoms with E-state index in [1.807, 2.05) is 16.8 Å². The minimum atomic E-state index is 0.397. The molecule has 4 nitrogen and oxygen atoms in total. The first-order valence-electron chi connectivity index (χ1n) is 5.40. The average Bonchev–Trinajstić information content (AvgIpc) is 2.81. The molecule has 0 aliphatic carbocycles. The highest BCUT2D eigenvalue weighted by Gasteiger charge is 2.06. The van der Waals surface area contributed by atoms with Crippen molar-refractivity contribution in [2.45, 2.75) is 26.3 Å². The number of hydrogen-bond donors (Lipinski definition) is 1. The Labute approximate surface area is 95.1 Å². The number of aromatic nitrogens is 3. The van der Waals surface area contributed by atoms with Gasteiger partial charge in [0.1, 0.15) is 12.1 Å². The van der Waals surface area contributed by atoms with Crippen LogP contribution < -0.4 is 5.73 Å². The van der Waals surface area contributed by atoms with Gasteiger partial charge < -0.3 is 5.73 Å². The molecule has 0 unspecified atom stereocenters. The van der Waals surface area contributed by atoms with Crippen molar-refractivity contribution in [3.63, 3.8) is 0 Å². The molecule has 16 heavy (non-hydrogen) atoms. The van der Waals surface area contributed by atoms with Gasteiger partial charge in [0, 0.05) is 24.6 Å². The monoisotopic (exact) mass is 216 g/mol. The van der Waals surface area contributed by atoms with E-state index in [9.17, 15) is 0 Å². The van der Waals surface area contributed by atoms with Gasteiger partial charge in [0.05, 0.1) is 0 Å². The van der Waals surface area contributed by atoms with E-state index in [1.54, 1.807) is 12.5 Å². The van der Waals surface area contributed by atoms with Crippen LogP contribution in [0.25, 0.3) is 5.82 Å².